The molecule has 0 spiro atoms. The van der Waals surface area contributed by atoms with Crippen molar-refractivity contribution >= 4 is 79.9 Å². The van der Waals surface area contributed by atoms with Gasteiger partial charge < -0.3 is 32.9 Å². The van der Waals surface area contributed by atoms with Gasteiger partial charge >= 0.3 is 14.2 Å². The highest BCUT2D eigenvalue weighted by atomic mass is 127. The van der Waals surface area contributed by atoms with Crippen LogP contribution in [-0.2, 0) is 18.6 Å². The highest BCUT2D eigenvalue weighted by Gasteiger charge is 2.51. The second-order valence-electron chi connectivity index (χ2n) is 18.8. The number of phenolic OH excluding ortho intramolecular Hbond substituents is 1. The summed E-state index contributed by atoms with van der Waals surface area (Å²) in [5.74, 6) is 4.79. The Morgan fingerprint density at radius 1 is 0.652 bits per heavy atom. The van der Waals surface area contributed by atoms with E-state index in [1.54, 1.807) is 18.2 Å². The van der Waals surface area contributed by atoms with Crippen molar-refractivity contribution in [2.24, 2.45) is 0 Å². The fourth-order valence-corrected chi connectivity index (χ4v) is 8.94. The zero-order valence-corrected chi connectivity index (χ0v) is 45.5. The molecule has 0 bridgehead atoms. The van der Waals surface area contributed by atoms with Crippen molar-refractivity contribution in [1.29, 1.82) is 10.5 Å². The molecule has 0 unspecified atom stereocenters. The van der Waals surface area contributed by atoms with Crippen LogP contribution in [0.1, 0.15) is 144 Å². The molecule has 360 valence electrons. The van der Waals surface area contributed by atoms with E-state index >= 15 is 0 Å². The van der Waals surface area contributed by atoms with E-state index in [1.807, 2.05) is 70.0 Å². The quantitative estimate of drug-likeness (QED) is 0.0443. The number of benzene rings is 2. The molecular weight excluding hydrogens is 979 g/mol. The molecule has 0 aliphatic carbocycles. The summed E-state index contributed by atoms with van der Waals surface area (Å²) in [6, 6.07) is 14.5. The first-order valence-corrected chi connectivity index (χ1v) is 26.8. The van der Waals surface area contributed by atoms with Crippen LogP contribution >= 0.6 is 45.3 Å². The maximum Gasteiger partial charge on any atom is 0.486 e. The number of quaternary nitrogens is 1. The molecule has 11 nitrogen and oxygen atoms in total. The Bertz CT molecular complexity index is 2160. The molecule has 0 radical (unpaired) electrons. The topological polar surface area (TPSA) is 140 Å². The number of alkyl halides is 1. The number of nitriles is 2. The smallest absolute Gasteiger partial charge is 0.486 e. The molecule has 16 heteroatoms. The van der Waals surface area contributed by atoms with Gasteiger partial charge in [0.05, 0.1) is 69.0 Å². The molecule has 2 aromatic carbocycles. The van der Waals surface area contributed by atoms with E-state index in [1.165, 1.54) is 105 Å². The summed E-state index contributed by atoms with van der Waals surface area (Å²) >= 11 is 4.93. The Kier molecular flexibility index (Phi) is 23.6. The van der Waals surface area contributed by atoms with Crippen molar-refractivity contribution in [3.63, 3.8) is 0 Å². The first-order chi connectivity index (χ1) is 31.2. The van der Waals surface area contributed by atoms with Gasteiger partial charge in [0.15, 0.2) is 10.0 Å². The standard InChI is InChI=1S/C17H19BN2O3S.C16H36N.C9H16BIO2.C8H4N2OS/c1-16(2)17(3,4)23-18(22-16)8-5-9-21-12-6-7-13-14(10-12)24-15(11-19)20-13;1-5-9-13-17(14-10-6-2,15-11-7-3)16-12-8-4;1-8(2)9(3,4)13-10(12-8)6-5-7-11;9-4-8-10-6-2-1-5(11)3-7(6)12-8/h5-8,10H,9H2,1-4H3;5-16H2,1-4H3;5-6H,7H2,1-4H3;1-3,11H/q;+1;;/b8-5+;;6-5+;. The normalized spacial score (nSPS) is 16.9. The van der Waals surface area contributed by atoms with Crippen molar-refractivity contribution in [3.05, 3.63) is 70.5 Å². The molecule has 2 fully saturated rings. The van der Waals surface area contributed by atoms with Crippen LogP contribution in [0.25, 0.3) is 20.4 Å². The Balaban J connectivity index is 0.000000243. The molecule has 6 rings (SSSR count). The predicted octanol–water partition coefficient (Wildman–Crippen LogP) is 13.2. The summed E-state index contributed by atoms with van der Waals surface area (Å²) in [5.41, 5.74) is 0.475. The Hall–Kier alpha value is -3.06. The average Bonchev–Trinajstić information content (AvgIpc) is 4.00. The molecule has 0 atom stereocenters. The number of aromatic hydroxyl groups is 1. The van der Waals surface area contributed by atoms with Gasteiger partial charge in [-0.3, -0.25) is 0 Å². The number of phenols is 1. The number of fused-ring (bicyclic) bond motifs is 2. The van der Waals surface area contributed by atoms with Gasteiger partial charge in [-0.05, 0) is 117 Å². The monoisotopic (exact) mass is 1050 g/mol. The van der Waals surface area contributed by atoms with Crippen LogP contribution in [0, 0.1) is 22.7 Å². The summed E-state index contributed by atoms with van der Waals surface area (Å²) in [4.78, 5) is 8.22. The number of ether oxygens (including phenoxy) is 1. The van der Waals surface area contributed by atoms with E-state index in [9.17, 15) is 0 Å². The van der Waals surface area contributed by atoms with Gasteiger partial charge in [0.25, 0.3) is 0 Å². The lowest BCUT2D eigenvalue weighted by atomic mass is 9.90. The fourth-order valence-electron chi connectivity index (χ4n) is 7.06. The van der Waals surface area contributed by atoms with Crippen LogP contribution in [-0.4, -0.2) is 93.4 Å². The summed E-state index contributed by atoms with van der Waals surface area (Å²) in [6.45, 7) is 31.8. The van der Waals surface area contributed by atoms with Crippen molar-refractivity contribution in [2.75, 3.05) is 37.2 Å². The third-order valence-corrected chi connectivity index (χ3v) is 14.8. The second kappa shape index (κ2) is 27.2. The third-order valence-electron chi connectivity index (χ3n) is 12.4. The Morgan fingerprint density at radius 3 is 1.44 bits per heavy atom. The molecule has 0 amide bonds. The molecule has 0 saturated carbocycles. The lowest BCUT2D eigenvalue weighted by Gasteiger charge is -2.39. The summed E-state index contributed by atoms with van der Waals surface area (Å²) in [7, 11) is -0.541. The van der Waals surface area contributed by atoms with Crippen molar-refractivity contribution < 1.29 is 32.9 Å². The number of halogens is 1. The summed E-state index contributed by atoms with van der Waals surface area (Å²) in [5, 5.41) is 27.4. The number of thiazole rings is 2. The zero-order chi connectivity index (χ0) is 49.0. The summed E-state index contributed by atoms with van der Waals surface area (Å²) < 4.78 is 33.2. The first kappa shape index (κ1) is 57.3. The molecule has 1 N–H and O–H groups in total. The van der Waals surface area contributed by atoms with Gasteiger partial charge in [-0.1, -0.05) is 100 Å². The van der Waals surface area contributed by atoms with Crippen molar-refractivity contribution in [2.45, 2.75) is 157 Å². The van der Waals surface area contributed by atoms with Crippen LogP contribution in [0.15, 0.2) is 60.5 Å². The van der Waals surface area contributed by atoms with E-state index < -0.39 is 0 Å². The number of nitrogens with zero attached hydrogens (tertiary/aromatic N) is 5. The van der Waals surface area contributed by atoms with Crippen LogP contribution < -0.4 is 4.74 Å². The number of unbranched alkanes of at least 4 members (excludes halogenated alkanes) is 4. The number of hydrogen-bond acceptors (Lipinski definition) is 12. The van der Waals surface area contributed by atoms with Crippen LogP contribution in [0.5, 0.6) is 11.5 Å². The predicted molar refractivity (Wildman–Crippen MR) is 285 cm³/mol. The number of rotatable bonds is 18. The number of aromatic nitrogens is 2. The highest BCUT2D eigenvalue weighted by Crippen LogP contribution is 2.38. The third kappa shape index (κ3) is 17.5. The second-order valence-corrected chi connectivity index (χ2v) is 21.7. The fraction of sp³-hybridized carbons (Fsp3) is 0.600. The summed E-state index contributed by atoms with van der Waals surface area (Å²) in [6.07, 6.45) is 15.0. The minimum Gasteiger partial charge on any atom is -0.508 e. The Morgan fingerprint density at radius 2 is 1.05 bits per heavy atom. The van der Waals surface area contributed by atoms with Crippen LogP contribution in [0.4, 0.5) is 0 Å². The van der Waals surface area contributed by atoms with E-state index in [2.05, 4.69) is 100 Å². The molecule has 66 heavy (non-hydrogen) atoms. The van der Waals surface area contributed by atoms with Gasteiger partial charge in [0.2, 0.25) is 0 Å². The molecule has 2 aromatic heterocycles. The van der Waals surface area contributed by atoms with Crippen molar-refractivity contribution in [3.8, 4) is 23.6 Å². The van der Waals surface area contributed by atoms with Gasteiger partial charge in [-0.25, -0.2) is 9.97 Å². The maximum atomic E-state index is 9.11. The molecule has 2 aliphatic rings. The van der Waals surface area contributed by atoms with Crippen LogP contribution in [0.2, 0.25) is 0 Å². The lowest BCUT2D eigenvalue weighted by molar-refractivity contribution is -0.929. The van der Waals surface area contributed by atoms with E-state index in [4.69, 9.17) is 39.0 Å². The molecular formula is C50H75B2IN5O6S2+. The largest absolute Gasteiger partial charge is 0.508 e. The molecule has 4 heterocycles. The zero-order valence-electron chi connectivity index (χ0n) is 41.7. The van der Waals surface area contributed by atoms with E-state index in [0.717, 1.165) is 30.6 Å². The highest BCUT2D eigenvalue weighted by molar-refractivity contribution is 14.1. The van der Waals surface area contributed by atoms with Gasteiger partial charge in [-0.15, -0.1) is 22.7 Å². The van der Waals surface area contributed by atoms with E-state index in [0.29, 0.717) is 16.6 Å². The lowest BCUT2D eigenvalue weighted by Crippen LogP contribution is -2.50. The molecule has 2 saturated heterocycles. The van der Waals surface area contributed by atoms with Crippen molar-refractivity contribution in [1.82, 2.24) is 9.97 Å². The van der Waals surface area contributed by atoms with Gasteiger partial charge in [-0.2, -0.15) is 10.5 Å². The van der Waals surface area contributed by atoms with Crippen LogP contribution in [0.3, 0.4) is 0 Å². The number of hydrogen-bond donors (Lipinski definition) is 1. The van der Waals surface area contributed by atoms with E-state index in [-0.39, 0.29) is 42.4 Å². The van der Waals surface area contributed by atoms with Gasteiger partial charge in [0, 0.05) is 4.43 Å². The minimum atomic E-state index is -0.360. The average molecular weight is 1050 g/mol. The number of allylic oxidation sites excluding steroid dienone is 1. The minimum absolute atomic E-state index is 0.181. The maximum absolute atomic E-state index is 9.11. The first-order valence-electron chi connectivity index (χ1n) is 23.6. The molecule has 4 aromatic rings. The Labute approximate surface area is 419 Å². The van der Waals surface area contributed by atoms with Gasteiger partial charge in [0.1, 0.15) is 30.2 Å². The SMILES string of the molecule is CC1(C)OB(/C=C/CI)OC1(C)C.CC1(C)OB(/C=C/COc2ccc3nc(C#N)sc3c2)OC1(C)C.CCCC[N+](CCCC)(CCCC)CCCC.N#Cc1nc2ccc(O)cc2s1. The molecule has 2 aliphatic heterocycles.